The van der Waals surface area contributed by atoms with Gasteiger partial charge in [0.1, 0.15) is 18.8 Å². The molecule has 1 N–H and O–H groups in total. The quantitative estimate of drug-likeness (QED) is 0.0456. The standard InChI is InChI=1S/C37H68O6.C36H70O3.C33H64O4.C12H26/c1-20(2)16-28-31(22(5)6)33(24(9)10)34(25(11)12)36(41-28)43-37(19-40-30(39)18-27(15)38)35(26(13)14)32(23(7)8)29(42-37)17-21(3)4;1-20(2)17-28-30(23(7)8)32(25(11)12)33(26(13)14)35(37-28)39-36(19-22(5)6)34(27(15)16)31(24(9)10)29(38-36)18-21(3)4;1-18(2)15-25-27(20(5)6)29(22(9)10)30(23(11)12)32(35-25)37-33(17-34)31(24(13)14)28(21(7)8)26(36-33)16-19(3)4;1-9(2)7-12(11(5)6)8-10(3)4/h20-26,28-29,31-36H,16-19H2,1-15H3;20-35H,17-19H2,1-16H3;18-32,34H,15-17H2,1-14H3;9-12H,7-8H2,1-6H3. The maximum Gasteiger partial charge on any atom is 0.313 e. The Kier molecular flexibility index (Phi) is 52.4. The fourth-order valence-corrected chi connectivity index (χ4v) is 27.6. The first-order valence-corrected chi connectivity index (χ1v) is 55.5. The van der Waals surface area contributed by atoms with Crippen molar-refractivity contribution in [3.63, 3.8) is 0 Å². The number of carbonyl (C=O) groups is 2. The molecule has 0 saturated carbocycles. The van der Waals surface area contributed by atoms with E-state index in [2.05, 4.69) is 346 Å². The molecule has 27 unspecified atom stereocenters. The van der Waals surface area contributed by atoms with E-state index in [0.717, 1.165) is 68.6 Å². The lowest BCUT2D eigenvalue weighted by molar-refractivity contribution is -0.375. The molecule has 0 spiro atoms. The van der Waals surface area contributed by atoms with Crippen LogP contribution in [0.2, 0.25) is 0 Å². The van der Waals surface area contributed by atoms with E-state index in [1.165, 1.54) is 19.8 Å². The fourth-order valence-electron chi connectivity index (χ4n) is 27.6. The van der Waals surface area contributed by atoms with Crippen molar-refractivity contribution in [2.75, 3.05) is 13.2 Å². The van der Waals surface area contributed by atoms with Gasteiger partial charge in [-0.3, -0.25) is 9.59 Å². The Labute approximate surface area is 815 Å². The molecule has 6 fully saturated rings. The Morgan fingerprint density at radius 1 is 0.267 bits per heavy atom. The number of carbonyl (C=O) groups excluding carboxylic acids is 2. The maximum absolute atomic E-state index is 12.8. The second kappa shape index (κ2) is 55.4. The molecule has 13 heteroatoms. The molecule has 6 aliphatic rings. The number of hydrogen-bond donors (Lipinski definition) is 1. The summed E-state index contributed by atoms with van der Waals surface area (Å²) >= 11 is 0. The predicted molar refractivity (Wildman–Crippen MR) is 554 cm³/mol. The molecule has 0 aromatic rings. The molecule has 0 radical (unpaired) electrons. The van der Waals surface area contributed by atoms with E-state index in [4.69, 9.17) is 47.4 Å². The highest BCUT2D eigenvalue weighted by atomic mass is 16.8. The van der Waals surface area contributed by atoms with Gasteiger partial charge in [0.15, 0.2) is 30.4 Å². The summed E-state index contributed by atoms with van der Waals surface area (Å²) in [5, 5.41) is 11.1. The number of hydrogen-bond acceptors (Lipinski definition) is 13. The van der Waals surface area contributed by atoms with Crippen LogP contribution in [0, 0.1) is 243 Å². The Morgan fingerprint density at radius 3 is 0.718 bits per heavy atom. The number of Topliss-reactive ketones (excluding diaryl/α,β-unsaturated/α-hetero) is 1. The van der Waals surface area contributed by atoms with Crippen LogP contribution in [-0.4, -0.2) is 103 Å². The zero-order valence-electron chi connectivity index (χ0n) is 96.2. The number of esters is 1. The predicted octanol–water partition coefficient (Wildman–Crippen LogP) is 31.7. The van der Waals surface area contributed by atoms with Crippen LogP contribution < -0.4 is 0 Å². The largest absolute Gasteiger partial charge is 0.460 e. The zero-order valence-corrected chi connectivity index (χ0v) is 96.2. The molecule has 6 aliphatic heterocycles. The molecule has 0 bridgehead atoms. The van der Waals surface area contributed by atoms with Gasteiger partial charge in [-0.25, -0.2) is 0 Å². The van der Waals surface area contributed by atoms with Crippen molar-refractivity contribution in [2.24, 2.45) is 243 Å². The lowest BCUT2D eigenvalue weighted by Crippen LogP contribution is -2.58. The lowest BCUT2D eigenvalue weighted by atomic mass is 9.62. The van der Waals surface area contributed by atoms with E-state index in [1.807, 2.05) is 0 Å². The van der Waals surface area contributed by atoms with Crippen molar-refractivity contribution in [1.82, 2.24) is 0 Å². The summed E-state index contributed by atoms with van der Waals surface area (Å²) in [6.07, 6.45) is 9.14. The van der Waals surface area contributed by atoms with E-state index in [-0.39, 0.29) is 110 Å². The molecule has 131 heavy (non-hydrogen) atoms. The van der Waals surface area contributed by atoms with E-state index in [0.29, 0.717) is 183 Å². The molecule has 6 rings (SSSR count). The van der Waals surface area contributed by atoms with E-state index >= 15 is 0 Å². The Balaban J connectivity index is 0.000000476. The van der Waals surface area contributed by atoms with Crippen LogP contribution in [0.25, 0.3) is 0 Å². The van der Waals surface area contributed by atoms with Gasteiger partial charge in [-0.05, 0) is 265 Å². The van der Waals surface area contributed by atoms with Gasteiger partial charge in [-0.2, -0.15) is 0 Å². The molecule has 0 aromatic carbocycles. The van der Waals surface area contributed by atoms with Crippen LogP contribution in [0.1, 0.15) is 417 Å². The molecule has 6 heterocycles. The number of rotatable bonds is 45. The topological polar surface area (TPSA) is 147 Å². The highest BCUT2D eigenvalue weighted by Gasteiger charge is 2.66. The SMILES string of the molecule is CC(=O)CC(=O)OCC1(OC2OC(CC(C)C)C(C(C)C)C(C(C)C)C2C(C)C)OC(CC(C)C)C(C(C)C)C1C(C)C.CC(C)CC(CC(C)C)C(C)C.CC(C)CC1OC(OC2(CC(C)C)OC(CC(C)C)C(C(C)C)C2C(C)C)C(C(C)C)C(C(C)C)C1C(C)C.CC(C)CC1OC(OC2(CO)OC(CC(C)C)C(C(C)C)C2C(C)C)C(C(C)C)C(C(C)C)C1C(C)C. The van der Waals surface area contributed by atoms with Crippen LogP contribution >= 0.6 is 0 Å². The summed E-state index contributed by atoms with van der Waals surface area (Å²) in [7, 11) is 0. The zero-order chi connectivity index (χ0) is 101. The third-order valence-electron chi connectivity index (χ3n) is 31.7. The summed E-state index contributed by atoms with van der Waals surface area (Å²) in [4.78, 5) is 24.6. The van der Waals surface area contributed by atoms with E-state index in [9.17, 15) is 14.7 Å². The highest BCUT2D eigenvalue weighted by Crippen LogP contribution is 2.60. The third kappa shape index (κ3) is 34.5. The minimum atomic E-state index is -1.17. The average Bonchev–Trinajstić information content (AvgIpc) is 1.50. The molecule has 0 aromatic heterocycles. The first-order valence-electron chi connectivity index (χ1n) is 55.5. The van der Waals surface area contributed by atoms with Crippen LogP contribution in [-0.2, 0) is 57.0 Å². The van der Waals surface area contributed by atoms with Gasteiger partial charge >= 0.3 is 5.97 Å². The van der Waals surface area contributed by atoms with Gasteiger partial charge in [-0.1, -0.05) is 346 Å². The van der Waals surface area contributed by atoms with Gasteiger partial charge in [0, 0.05) is 41.9 Å². The Morgan fingerprint density at radius 2 is 0.496 bits per heavy atom. The van der Waals surface area contributed by atoms with Gasteiger partial charge in [0.2, 0.25) is 5.79 Å². The van der Waals surface area contributed by atoms with Crippen LogP contribution in [0.3, 0.4) is 0 Å². The molecule has 13 nitrogen and oxygen atoms in total. The molecular formula is C118H228O13. The normalized spacial score (nSPS) is 33.6. The van der Waals surface area contributed by atoms with Crippen molar-refractivity contribution >= 4 is 11.8 Å². The van der Waals surface area contributed by atoms with Crippen molar-refractivity contribution in [3.05, 3.63) is 0 Å². The first-order chi connectivity index (χ1) is 60.3. The highest BCUT2D eigenvalue weighted by molar-refractivity contribution is 5.94. The fraction of sp³-hybridized carbons (Fsp3) is 0.983. The monoisotopic (exact) mass is 1850 g/mol. The molecule has 27 atom stereocenters. The summed E-state index contributed by atoms with van der Waals surface area (Å²) in [5.41, 5.74) is 0. The maximum atomic E-state index is 12.8. The molecule has 6 saturated heterocycles. The van der Waals surface area contributed by atoms with E-state index in [1.54, 1.807) is 0 Å². The third-order valence-corrected chi connectivity index (χ3v) is 31.7. The van der Waals surface area contributed by atoms with Crippen molar-refractivity contribution < 1.29 is 62.1 Å². The van der Waals surface area contributed by atoms with Crippen molar-refractivity contribution in [1.29, 1.82) is 0 Å². The molecule has 778 valence electrons. The smallest absolute Gasteiger partial charge is 0.313 e. The summed E-state index contributed by atoms with van der Waals surface area (Å²) in [6, 6.07) is 0. The molecular weight excluding hydrogens is 1630 g/mol. The number of ether oxygens (including phenoxy) is 10. The average molecular weight is 1860 g/mol. The van der Waals surface area contributed by atoms with Gasteiger partial charge < -0.3 is 52.5 Å². The van der Waals surface area contributed by atoms with Crippen molar-refractivity contribution in [2.45, 2.75) is 490 Å². The van der Waals surface area contributed by atoms with Gasteiger partial charge in [0.05, 0.1) is 43.2 Å². The minimum absolute atomic E-state index is 0.0124. The number of ketones is 1. The molecule has 0 amide bonds. The summed E-state index contributed by atoms with van der Waals surface area (Å²) < 4.78 is 70.7. The van der Waals surface area contributed by atoms with Gasteiger partial charge in [0.25, 0.3) is 0 Å². The van der Waals surface area contributed by atoms with Crippen LogP contribution in [0.4, 0.5) is 0 Å². The first kappa shape index (κ1) is 124. The Hall–Kier alpha value is -1.26. The van der Waals surface area contributed by atoms with Crippen LogP contribution in [0.15, 0.2) is 0 Å². The summed E-state index contributed by atoms with van der Waals surface area (Å²) in [5.74, 6) is 15.5. The minimum Gasteiger partial charge on any atom is -0.460 e. The van der Waals surface area contributed by atoms with Crippen LogP contribution in [0.5, 0.6) is 0 Å². The second-order valence-electron chi connectivity index (χ2n) is 53.4. The second-order valence-corrected chi connectivity index (χ2v) is 53.4. The summed E-state index contributed by atoms with van der Waals surface area (Å²) in [6.45, 7) is 118. The lowest BCUT2D eigenvalue weighted by Gasteiger charge is -2.54. The van der Waals surface area contributed by atoms with E-state index < -0.39 is 29.6 Å². The van der Waals surface area contributed by atoms with Gasteiger partial charge in [-0.15, -0.1) is 0 Å². The number of aliphatic hydroxyl groups is 1. The van der Waals surface area contributed by atoms with Crippen molar-refractivity contribution in [3.8, 4) is 0 Å². The number of aliphatic hydroxyl groups excluding tert-OH is 1. The Bertz CT molecular complexity index is 3090. The molecule has 0 aliphatic carbocycles.